The third-order valence-electron chi connectivity index (χ3n) is 5.44. The lowest BCUT2D eigenvalue weighted by atomic mass is 9.77. The zero-order valence-electron chi connectivity index (χ0n) is 13.8. The number of likely N-dealkylation sites (tertiary alicyclic amines) is 1. The molecule has 5 heteroatoms. The lowest BCUT2D eigenvalue weighted by Gasteiger charge is -2.27. The highest BCUT2D eigenvalue weighted by molar-refractivity contribution is 5.91. The Kier molecular flexibility index (Phi) is 3.49. The molecular weight excluding hydrogens is 306 g/mol. The number of benzene rings is 1. The van der Waals surface area contributed by atoms with Crippen LogP contribution in [0.2, 0.25) is 0 Å². The number of hydrogen-bond donors (Lipinski definition) is 0. The fraction of sp³-hybridized carbons (Fsp3) is 0.474. The van der Waals surface area contributed by atoms with Gasteiger partial charge in [0.25, 0.3) is 0 Å². The number of carbonyl (C=O) groups is 2. The molecule has 3 heterocycles. The molecule has 0 saturated carbocycles. The van der Waals surface area contributed by atoms with Gasteiger partial charge < -0.3 is 14.4 Å². The Balaban J connectivity index is 1.64. The maximum absolute atomic E-state index is 13.1. The van der Waals surface area contributed by atoms with Crippen molar-refractivity contribution >= 4 is 11.9 Å². The number of carbonyl (C=O) groups excluding carboxylic acids is 2. The van der Waals surface area contributed by atoms with Crippen molar-refractivity contribution in [2.24, 2.45) is 11.8 Å². The first-order chi connectivity index (χ1) is 11.6. The van der Waals surface area contributed by atoms with Gasteiger partial charge in [-0.2, -0.15) is 0 Å². The molecule has 5 atom stereocenters. The van der Waals surface area contributed by atoms with E-state index < -0.39 is 17.4 Å². The van der Waals surface area contributed by atoms with Crippen LogP contribution in [-0.4, -0.2) is 41.6 Å². The van der Waals surface area contributed by atoms with E-state index in [-0.39, 0.29) is 24.0 Å². The summed E-state index contributed by atoms with van der Waals surface area (Å²) in [4.78, 5) is 27.3. The highest BCUT2D eigenvalue weighted by Gasteiger charge is 2.67. The normalized spacial score (nSPS) is 34.5. The molecule has 4 rings (SSSR count). The predicted octanol–water partition coefficient (Wildman–Crippen LogP) is 2.09. The molecule has 126 valence electrons. The topological polar surface area (TPSA) is 55.8 Å². The molecule has 2 saturated heterocycles. The quantitative estimate of drug-likeness (QED) is 0.628. The molecule has 0 N–H and O–H groups in total. The van der Waals surface area contributed by atoms with Crippen LogP contribution >= 0.6 is 0 Å². The average molecular weight is 327 g/mol. The molecule has 5 nitrogen and oxygen atoms in total. The molecule has 1 aromatic rings. The van der Waals surface area contributed by atoms with Gasteiger partial charge in [-0.1, -0.05) is 42.5 Å². The number of ether oxygens (including phenoxy) is 2. The van der Waals surface area contributed by atoms with Crippen molar-refractivity contribution in [1.29, 1.82) is 0 Å². The largest absolute Gasteiger partial charge is 0.466 e. The van der Waals surface area contributed by atoms with Gasteiger partial charge in [-0.3, -0.25) is 9.59 Å². The molecule has 0 unspecified atom stereocenters. The number of rotatable bonds is 4. The number of hydrogen-bond acceptors (Lipinski definition) is 4. The van der Waals surface area contributed by atoms with E-state index in [1.807, 2.05) is 54.3 Å². The first-order valence-electron chi connectivity index (χ1n) is 8.46. The van der Waals surface area contributed by atoms with Crippen LogP contribution in [0.25, 0.3) is 0 Å². The predicted molar refractivity (Wildman–Crippen MR) is 86.9 cm³/mol. The van der Waals surface area contributed by atoms with Crippen molar-refractivity contribution in [3.8, 4) is 0 Å². The number of amides is 1. The van der Waals surface area contributed by atoms with E-state index in [1.165, 1.54) is 0 Å². The Labute approximate surface area is 141 Å². The van der Waals surface area contributed by atoms with Gasteiger partial charge in [-0.25, -0.2) is 0 Å². The molecule has 3 aliphatic heterocycles. The van der Waals surface area contributed by atoms with Gasteiger partial charge in [0.2, 0.25) is 5.91 Å². The summed E-state index contributed by atoms with van der Waals surface area (Å²) in [6.07, 6.45) is 3.53. The van der Waals surface area contributed by atoms with E-state index in [2.05, 4.69) is 0 Å². The molecule has 1 spiro atoms. The van der Waals surface area contributed by atoms with Crippen molar-refractivity contribution in [2.45, 2.75) is 31.6 Å². The van der Waals surface area contributed by atoms with Gasteiger partial charge in [0.1, 0.15) is 11.5 Å². The molecule has 1 amide bonds. The third-order valence-corrected chi connectivity index (χ3v) is 5.44. The molecular formula is C19H21NO4. The Bertz CT molecular complexity index is 701. The van der Waals surface area contributed by atoms with Gasteiger partial charge in [-0.05, 0) is 19.4 Å². The zero-order valence-corrected chi connectivity index (χ0v) is 13.8. The first-order valence-corrected chi connectivity index (χ1v) is 8.46. The van der Waals surface area contributed by atoms with E-state index in [0.717, 1.165) is 5.56 Å². The first kappa shape index (κ1) is 15.4. The summed E-state index contributed by atoms with van der Waals surface area (Å²) in [5.41, 5.74) is 0.399. The van der Waals surface area contributed by atoms with Gasteiger partial charge in [0, 0.05) is 0 Å². The maximum Gasteiger partial charge on any atom is 0.312 e. The van der Waals surface area contributed by atoms with Crippen LogP contribution in [0.3, 0.4) is 0 Å². The molecule has 24 heavy (non-hydrogen) atoms. The summed E-state index contributed by atoms with van der Waals surface area (Å²) < 4.78 is 11.3. The van der Waals surface area contributed by atoms with Crippen molar-refractivity contribution in [3.63, 3.8) is 0 Å². The molecule has 2 bridgehead atoms. The molecule has 1 aromatic carbocycles. The fourth-order valence-corrected chi connectivity index (χ4v) is 4.27. The summed E-state index contributed by atoms with van der Waals surface area (Å²) in [5.74, 6) is -1.36. The second-order valence-corrected chi connectivity index (χ2v) is 6.70. The van der Waals surface area contributed by atoms with Gasteiger partial charge in [0.15, 0.2) is 0 Å². The zero-order chi connectivity index (χ0) is 16.9. The molecule has 3 aliphatic rings. The Morgan fingerprint density at radius 3 is 2.88 bits per heavy atom. The fourth-order valence-electron chi connectivity index (χ4n) is 4.27. The van der Waals surface area contributed by atoms with E-state index >= 15 is 0 Å². The Morgan fingerprint density at radius 2 is 2.17 bits per heavy atom. The summed E-state index contributed by atoms with van der Waals surface area (Å²) in [6.45, 7) is 4.58. The van der Waals surface area contributed by atoms with Crippen LogP contribution in [0.5, 0.6) is 0 Å². The highest BCUT2D eigenvalue weighted by Crippen LogP contribution is 2.53. The lowest BCUT2D eigenvalue weighted by Crippen LogP contribution is -2.40. The van der Waals surface area contributed by atoms with Gasteiger partial charge >= 0.3 is 5.97 Å². The monoisotopic (exact) mass is 327 g/mol. The maximum atomic E-state index is 13.1. The van der Waals surface area contributed by atoms with Crippen LogP contribution < -0.4 is 0 Å². The molecule has 2 fully saturated rings. The summed E-state index contributed by atoms with van der Waals surface area (Å²) in [7, 11) is 0. The Hall–Kier alpha value is -2.14. The number of fused-ring (bicyclic) bond motifs is 1. The smallest absolute Gasteiger partial charge is 0.312 e. The second kappa shape index (κ2) is 5.45. The summed E-state index contributed by atoms with van der Waals surface area (Å²) in [5, 5.41) is 0. The minimum Gasteiger partial charge on any atom is -0.466 e. The van der Waals surface area contributed by atoms with Gasteiger partial charge in [0.05, 0.1) is 31.2 Å². The molecule has 0 radical (unpaired) electrons. The number of esters is 1. The number of nitrogens with zero attached hydrogens (tertiary/aromatic N) is 1. The Morgan fingerprint density at radius 1 is 1.42 bits per heavy atom. The summed E-state index contributed by atoms with van der Waals surface area (Å²) in [6, 6.07) is 9.86. The van der Waals surface area contributed by atoms with Crippen molar-refractivity contribution < 1.29 is 19.1 Å². The standard InChI is InChI=1S/C19H21NO4/c1-3-23-18(22)15-14-9-10-19(24-14)11-20(17(21)16(15)19)12(2)13-7-5-4-6-8-13/h4-10,12,14-16H,3,11H2,1-2H3/t12-,14+,15-,16-,19+/m0/s1. The molecule has 0 aliphatic carbocycles. The summed E-state index contributed by atoms with van der Waals surface area (Å²) >= 11 is 0. The minimum atomic E-state index is -0.678. The second-order valence-electron chi connectivity index (χ2n) is 6.70. The van der Waals surface area contributed by atoms with Crippen molar-refractivity contribution in [3.05, 3.63) is 48.0 Å². The van der Waals surface area contributed by atoms with Crippen LogP contribution in [0.15, 0.2) is 42.5 Å². The van der Waals surface area contributed by atoms with Crippen LogP contribution in [0.1, 0.15) is 25.5 Å². The van der Waals surface area contributed by atoms with Crippen molar-refractivity contribution in [1.82, 2.24) is 4.90 Å². The van der Waals surface area contributed by atoms with Crippen LogP contribution in [0, 0.1) is 11.8 Å². The highest BCUT2D eigenvalue weighted by atomic mass is 16.6. The minimum absolute atomic E-state index is 0.0174. The average Bonchev–Trinajstić information content (AvgIpc) is 3.23. The molecule has 0 aromatic heterocycles. The third kappa shape index (κ3) is 2.04. The van der Waals surface area contributed by atoms with E-state index in [1.54, 1.807) is 6.92 Å². The van der Waals surface area contributed by atoms with E-state index in [0.29, 0.717) is 13.2 Å². The van der Waals surface area contributed by atoms with Gasteiger partial charge in [-0.15, -0.1) is 0 Å². The van der Waals surface area contributed by atoms with Crippen LogP contribution in [-0.2, 0) is 19.1 Å². The SMILES string of the molecule is CCOC(=O)[C@@H]1[C@H]2C(=O)N([C@@H](C)c3ccccc3)C[C@]23C=C[C@H]1O3. The van der Waals surface area contributed by atoms with E-state index in [9.17, 15) is 9.59 Å². The van der Waals surface area contributed by atoms with Crippen molar-refractivity contribution in [2.75, 3.05) is 13.2 Å². The van der Waals surface area contributed by atoms with E-state index in [4.69, 9.17) is 9.47 Å². The lowest BCUT2D eigenvalue weighted by molar-refractivity contribution is -0.153. The van der Waals surface area contributed by atoms with Crippen LogP contribution in [0.4, 0.5) is 0 Å².